The maximum atomic E-state index is 11.7. The van der Waals surface area contributed by atoms with Gasteiger partial charge in [-0.3, -0.25) is 0 Å². The number of hydrogen-bond donors (Lipinski definition) is 2. The predicted octanol–water partition coefficient (Wildman–Crippen LogP) is 0.274. The molecule has 98 valence electrons. The van der Waals surface area contributed by atoms with Gasteiger partial charge in [0, 0.05) is 6.42 Å². The third-order valence-electron chi connectivity index (χ3n) is 2.00. The van der Waals surface area contributed by atoms with Gasteiger partial charge in [0.1, 0.15) is 12.6 Å². The van der Waals surface area contributed by atoms with Crippen molar-refractivity contribution in [2.45, 2.75) is 31.9 Å². The number of rotatable bonds is 7. The van der Waals surface area contributed by atoms with Crippen LogP contribution in [0.2, 0.25) is 0 Å². The zero-order valence-electron chi connectivity index (χ0n) is 9.34. The predicted molar refractivity (Wildman–Crippen MR) is 53.4 cm³/mol. The molecule has 1 aromatic rings. The Morgan fingerprint density at radius 1 is 1.53 bits per heavy atom. The van der Waals surface area contributed by atoms with Crippen LogP contribution < -0.4 is 5.73 Å². The smallest absolute Gasteiger partial charge is 0.261 e. The fourth-order valence-electron chi connectivity index (χ4n) is 1.05. The summed E-state index contributed by atoms with van der Waals surface area (Å²) in [5.41, 5.74) is 5.57. The van der Waals surface area contributed by atoms with E-state index in [2.05, 4.69) is 14.9 Å². The summed E-state index contributed by atoms with van der Waals surface area (Å²) in [5.74, 6) is 0.425. The molecule has 17 heavy (non-hydrogen) atoms. The quantitative estimate of drug-likeness (QED) is 0.676. The minimum atomic E-state index is -2.49. The van der Waals surface area contributed by atoms with Crippen molar-refractivity contribution in [2.75, 3.05) is 13.2 Å². The summed E-state index contributed by atoms with van der Waals surface area (Å²) in [7, 11) is 0. The van der Waals surface area contributed by atoms with Crippen molar-refractivity contribution in [3.05, 3.63) is 11.7 Å². The molecule has 1 heterocycles. The third kappa shape index (κ3) is 4.72. The molecule has 8 heteroatoms. The van der Waals surface area contributed by atoms with E-state index in [9.17, 15) is 13.9 Å². The molecule has 6 nitrogen and oxygen atoms in total. The van der Waals surface area contributed by atoms with E-state index in [0.29, 0.717) is 5.82 Å². The van der Waals surface area contributed by atoms with E-state index in [1.165, 1.54) is 6.92 Å². The number of aliphatic hydroxyl groups excluding tert-OH is 1. The molecule has 2 atom stereocenters. The van der Waals surface area contributed by atoms with Crippen molar-refractivity contribution in [1.82, 2.24) is 10.1 Å². The Labute approximate surface area is 96.7 Å². The summed E-state index contributed by atoms with van der Waals surface area (Å²) in [4.78, 5) is 3.92. The topological polar surface area (TPSA) is 94.4 Å². The van der Waals surface area contributed by atoms with Crippen LogP contribution >= 0.6 is 0 Å². The molecule has 0 spiro atoms. The molecule has 0 aliphatic heterocycles. The fraction of sp³-hybridized carbons (Fsp3) is 0.778. The van der Waals surface area contributed by atoms with Gasteiger partial charge in [-0.15, -0.1) is 0 Å². The lowest BCUT2D eigenvalue weighted by molar-refractivity contribution is 0.0182. The van der Waals surface area contributed by atoms with Gasteiger partial charge < -0.3 is 20.1 Å². The van der Waals surface area contributed by atoms with E-state index < -0.39 is 25.2 Å². The fourth-order valence-corrected chi connectivity index (χ4v) is 1.05. The summed E-state index contributed by atoms with van der Waals surface area (Å²) in [6.45, 7) is 0.964. The van der Waals surface area contributed by atoms with E-state index in [-0.39, 0.29) is 18.9 Å². The summed E-state index contributed by atoms with van der Waals surface area (Å²) >= 11 is 0. The normalized spacial score (nSPS) is 15.2. The minimum Gasteiger partial charge on any atom is -0.391 e. The lowest BCUT2D eigenvalue weighted by Crippen LogP contribution is -2.23. The van der Waals surface area contributed by atoms with Gasteiger partial charge in [0.05, 0.1) is 12.7 Å². The molecule has 0 aromatic carbocycles. The maximum Gasteiger partial charge on any atom is 0.261 e. The monoisotopic (exact) mass is 251 g/mol. The Kier molecular flexibility index (Phi) is 5.39. The van der Waals surface area contributed by atoms with E-state index in [1.54, 1.807) is 0 Å². The molecule has 0 bridgehead atoms. The van der Waals surface area contributed by atoms with Crippen molar-refractivity contribution in [2.24, 2.45) is 5.73 Å². The summed E-state index contributed by atoms with van der Waals surface area (Å²) in [5, 5.41) is 12.8. The molecule has 1 aromatic heterocycles. The molecule has 3 N–H and O–H groups in total. The second-order valence-electron chi connectivity index (χ2n) is 3.53. The highest BCUT2D eigenvalue weighted by Crippen LogP contribution is 2.11. The number of alkyl halides is 2. The Morgan fingerprint density at radius 3 is 2.82 bits per heavy atom. The average molecular weight is 251 g/mol. The first kappa shape index (κ1) is 13.9. The molecule has 2 unspecified atom stereocenters. The molecule has 0 saturated carbocycles. The van der Waals surface area contributed by atoms with Gasteiger partial charge in [-0.05, 0) is 6.92 Å². The summed E-state index contributed by atoms with van der Waals surface area (Å²) in [6, 6.07) is -0.752. The van der Waals surface area contributed by atoms with Gasteiger partial charge >= 0.3 is 0 Å². The lowest BCUT2D eigenvalue weighted by Gasteiger charge is -2.08. The van der Waals surface area contributed by atoms with Crippen LogP contribution in [0, 0.1) is 0 Å². The number of ether oxygens (including phenoxy) is 1. The second kappa shape index (κ2) is 6.58. The first-order valence-electron chi connectivity index (χ1n) is 5.12. The van der Waals surface area contributed by atoms with Crippen molar-refractivity contribution < 1.29 is 23.1 Å². The van der Waals surface area contributed by atoms with E-state index in [0.717, 1.165) is 0 Å². The molecule has 1 rings (SSSR count). The number of nitrogens with two attached hydrogens (primary N) is 1. The van der Waals surface area contributed by atoms with Crippen LogP contribution in [0.25, 0.3) is 0 Å². The Balaban J connectivity index is 2.36. The van der Waals surface area contributed by atoms with Crippen LogP contribution in [0.15, 0.2) is 4.52 Å². The molecular weight excluding hydrogens is 236 g/mol. The van der Waals surface area contributed by atoms with Gasteiger partial charge in [-0.2, -0.15) is 4.98 Å². The van der Waals surface area contributed by atoms with Gasteiger partial charge in [0.2, 0.25) is 5.89 Å². The number of aliphatic hydroxyl groups is 1. The van der Waals surface area contributed by atoms with Crippen molar-refractivity contribution in [1.29, 1.82) is 0 Å². The average Bonchev–Trinajstić information content (AvgIpc) is 2.71. The summed E-state index contributed by atoms with van der Waals surface area (Å²) < 4.78 is 33.0. The molecule has 0 fully saturated rings. The molecule has 0 aliphatic carbocycles. The van der Waals surface area contributed by atoms with Crippen LogP contribution in [0.3, 0.4) is 0 Å². The zero-order chi connectivity index (χ0) is 12.8. The van der Waals surface area contributed by atoms with Crippen LogP contribution in [0.1, 0.15) is 24.7 Å². The Bertz CT molecular complexity index is 333. The Hall–Kier alpha value is -1.12. The molecule has 0 aliphatic rings. The highest BCUT2D eigenvalue weighted by atomic mass is 19.3. The first-order valence-corrected chi connectivity index (χ1v) is 5.12. The third-order valence-corrected chi connectivity index (χ3v) is 2.00. The zero-order valence-corrected chi connectivity index (χ0v) is 9.34. The minimum absolute atomic E-state index is 0.0766. The van der Waals surface area contributed by atoms with Gasteiger partial charge in [0.25, 0.3) is 6.43 Å². The molecular formula is C9H15F2N3O3. The number of halogens is 2. The maximum absolute atomic E-state index is 11.7. The lowest BCUT2D eigenvalue weighted by atomic mass is 10.2. The SMILES string of the molecule is CC(O)C(N)c1nc(CCOCC(F)F)no1. The van der Waals surface area contributed by atoms with Crippen LogP contribution in [0.4, 0.5) is 8.78 Å². The first-order chi connectivity index (χ1) is 8.00. The number of nitrogens with zero attached hydrogens (tertiary/aromatic N) is 2. The standard InChI is InChI=1S/C9H15F2N3O3/c1-5(15)8(12)9-13-7(14-17-9)2-3-16-4-6(10)11/h5-6,8,15H,2-4,12H2,1H3. The molecule has 0 saturated heterocycles. The van der Waals surface area contributed by atoms with Gasteiger partial charge in [-0.25, -0.2) is 8.78 Å². The van der Waals surface area contributed by atoms with Crippen LogP contribution in [0.5, 0.6) is 0 Å². The largest absolute Gasteiger partial charge is 0.391 e. The van der Waals surface area contributed by atoms with Gasteiger partial charge in [0.15, 0.2) is 5.82 Å². The van der Waals surface area contributed by atoms with E-state index in [4.69, 9.17) is 10.3 Å². The van der Waals surface area contributed by atoms with Crippen molar-refractivity contribution in [3.63, 3.8) is 0 Å². The highest BCUT2D eigenvalue weighted by molar-refractivity contribution is 4.93. The van der Waals surface area contributed by atoms with E-state index >= 15 is 0 Å². The van der Waals surface area contributed by atoms with Gasteiger partial charge in [-0.1, -0.05) is 5.16 Å². The Morgan fingerprint density at radius 2 is 2.24 bits per heavy atom. The highest BCUT2D eigenvalue weighted by Gasteiger charge is 2.19. The number of hydrogen-bond acceptors (Lipinski definition) is 6. The van der Waals surface area contributed by atoms with Crippen molar-refractivity contribution in [3.8, 4) is 0 Å². The van der Waals surface area contributed by atoms with Crippen LogP contribution in [-0.4, -0.2) is 41.0 Å². The second-order valence-corrected chi connectivity index (χ2v) is 3.53. The van der Waals surface area contributed by atoms with E-state index in [1.807, 2.05) is 0 Å². The van der Waals surface area contributed by atoms with Crippen molar-refractivity contribution >= 4 is 0 Å². The summed E-state index contributed by atoms with van der Waals surface area (Å²) in [6.07, 6.45) is -3.04. The number of aromatic nitrogens is 2. The van der Waals surface area contributed by atoms with Crippen LogP contribution in [-0.2, 0) is 11.2 Å². The molecule has 0 amide bonds. The molecule has 0 radical (unpaired) electrons.